The normalized spacial score (nSPS) is 12.1. The Morgan fingerprint density at radius 2 is 1.68 bits per heavy atom. The molecule has 25 heavy (non-hydrogen) atoms. The van der Waals surface area contributed by atoms with Crippen LogP contribution in [0.4, 0.5) is 14.5 Å². The van der Waals surface area contributed by atoms with Crippen LogP contribution in [0.25, 0.3) is 0 Å². The molecule has 1 amide bonds. The van der Waals surface area contributed by atoms with Crippen molar-refractivity contribution in [2.45, 2.75) is 26.5 Å². The average molecular weight is 348 g/mol. The summed E-state index contributed by atoms with van der Waals surface area (Å²) in [6.07, 6.45) is 0. The maximum Gasteiger partial charge on any atom is 0.387 e. The minimum atomic E-state index is -2.88. The fraction of sp³-hybridized carbons (Fsp3) is 0.316. The third-order valence-corrected chi connectivity index (χ3v) is 3.75. The van der Waals surface area contributed by atoms with Gasteiger partial charge in [-0.3, -0.25) is 4.79 Å². The van der Waals surface area contributed by atoms with Crippen LogP contribution < -0.4 is 15.4 Å². The van der Waals surface area contributed by atoms with Gasteiger partial charge in [-0.2, -0.15) is 8.78 Å². The van der Waals surface area contributed by atoms with E-state index in [-0.39, 0.29) is 17.7 Å². The first-order chi connectivity index (χ1) is 12.0. The predicted molar refractivity (Wildman–Crippen MR) is 94.1 cm³/mol. The van der Waals surface area contributed by atoms with Crippen molar-refractivity contribution in [1.82, 2.24) is 5.32 Å². The Bertz CT molecular complexity index is 661. The summed E-state index contributed by atoms with van der Waals surface area (Å²) >= 11 is 0. The largest absolute Gasteiger partial charge is 0.435 e. The topological polar surface area (TPSA) is 50.4 Å². The van der Waals surface area contributed by atoms with E-state index in [0.29, 0.717) is 18.0 Å². The summed E-state index contributed by atoms with van der Waals surface area (Å²) in [5, 5.41) is 6.27. The SMILES string of the molecule is CC(C)C(CNC(=O)c1ccc(OC(F)F)cc1)Nc1ccccc1. The van der Waals surface area contributed by atoms with Crippen molar-refractivity contribution in [3.05, 3.63) is 60.2 Å². The van der Waals surface area contributed by atoms with Gasteiger partial charge in [0.15, 0.2) is 0 Å². The maximum atomic E-state index is 12.2. The molecule has 2 aromatic rings. The van der Waals surface area contributed by atoms with Crippen LogP contribution >= 0.6 is 0 Å². The fourth-order valence-corrected chi connectivity index (χ4v) is 2.29. The number of amides is 1. The molecule has 0 aliphatic rings. The van der Waals surface area contributed by atoms with Crippen LogP contribution in [0.5, 0.6) is 5.75 Å². The minimum absolute atomic E-state index is 0.0253. The van der Waals surface area contributed by atoms with Crippen molar-refractivity contribution >= 4 is 11.6 Å². The van der Waals surface area contributed by atoms with E-state index in [2.05, 4.69) is 29.2 Å². The van der Waals surface area contributed by atoms with E-state index in [1.807, 2.05) is 30.3 Å². The highest BCUT2D eigenvalue weighted by molar-refractivity contribution is 5.94. The zero-order valence-electron chi connectivity index (χ0n) is 14.2. The molecule has 1 unspecified atom stereocenters. The van der Waals surface area contributed by atoms with E-state index in [9.17, 15) is 13.6 Å². The summed E-state index contributed by atoms with van der Waals surface area (Å²) in [7, 11) is 0. The molecule has 0 aliphatic heterocycles. The Hall–Kier alpha value is -2.63. The lowest BCUT2D eigenvalue weighted by Gasteiger charge is -2.24. The van der Waals surface area contributed by atoms with Crippen LogP contribution in [0.15, 0.2) is 54.6 Å². The Morgan fingerprint density at radius 3 is 2.24 bits per heavy atom. The number of carbonyl (C=O) groups is 1. The quantitative estimate of drug-likeness (QED) is 0.753. The first-order valence-electron chi connectivity index (χ1n) is 8.10. The van der Waals surface area contributed by atoms with Gasteiger partial charge in [-0.1, -0.05) is 32.0 Å². The van der Waals surface area contributed by atoms with Crippen molar-refractivity contribution < 1.29 is 18.3 Å². The highest BCUT2D eigenvalue weighted by Gasteiger charge is 2.15. The number of alkyl halides is 2. The molecule has 4 nitrogen and oxygen atoms in total. The van der Waals surface area contributed by atoms with E-state index in [1.165, 1.54) is 24.3 Å². The summed E-state index contributed by atoms with van der Waals surface area (Å²) in [6.45, 7) is 1.71. The summed E-state index contributed by atoms with van der Waals surface area (Å²) in [6, 6.07) is 15.5. The zero-order valence-corrected chi connectivity index (χ0v) is 14.2. The number of halogens is 2. The second kappa shape index (κ2) is 9.01. The van der Waals surface area contributed by atoms with Gasteiger partial charge < -0.3 is 15.4 Å². The maximum absolute atomic E-state index is 12.2. The van der Waals surface area contributed by atoms with Crippen molar-refractivity contribution in [2.24, 2.45) is 5.92 Å². The molecule has 0 spiro atoms. The van der Waals surface area contributed by atoms with Crippen molar-refractivity contribution in [2.75, 3.05) is 11.9 Å². The van der Waals surface area contributed by atoms with E-state index in [1.54, 1.807) is 0 Å². The Kier molecular flexibility index (Phi) is 6.74. The van der Waals surface area contributed by atoms with Crippen LogP contribution in [0.2, 0.25) is 0 Å². The van der Waals surface area contributed by atoms with Crippen molar-refractivity contribution in [3.8, 4) is 5.75 Å². The molecule has 0 saturated heterocycles. The number of ether oxygens (including phenoxy) is 1. The number of anilines is 1. The van der Waals surface area contributed by atoms with Gasteiger partial charge >= 0.3 is 6.61 Å². The van der Waals surface area contributed by atoms with Crippen molar-refractivity contribution in [3.63, 3.8) is 0 Å². The molecular weight excluding hydrogens is 326 g/mol. The Balaban J connectivity index is 1.92. The van der Waals surface area contributed by atoms with Gasteiger partial charge in [-0.25, -0.2) is 0 Å². The molecule has 0 saturated carbocycles. The molecule has 1 atom stereocenters. The first-order valence-corrected chi connectivity index (χ1v) is 8.10. The summed E-state index contributed by atoms with van der Waals surface area (Å²) < 4.78 is 28.5. The average Bonchev–Trinajstić information content (AvgIpc) is 2.59. The third kappa shape index (κ3) is 6.06. The molecule has 2 rings (SSSR count). The highest BCUT2D eigenvalue weighted by Crippen LogP contribution is 2.15. The number of hydrogen-bond acceptors (Lipinski definition) is 3. The number of carbonyl (C=O) groups excluding carboxylic acids is 1. The molecule has 2 aromatic carbocycles. The van der Waals surface area contributed by atoms with E-state index in [0.717, 1.165) is 5.69 Å². The smallest absolute Gasteiger partial charge is 0.387 e. The predicted octanol–water partition coefficient (Wildman–Crippen LogP) is 4.15. The fourth-order valence-electron chi connectivity index (χ4n) is 2.29. The lowest BCUT2D eigenvalue weighted by Crippen LogP contribution is -2.39. The first kappa shape index (κ1) is 18.7. The number of benzene rings is 2. The number of nitrogens with one attached hydrogen (secondary N) is 2. The van der Waals surface area contributed by atoms with Gasteiger partial charge in [0.25, 0.3) is 5.91 Å². The van der Waals surface area contributed by atoms with Gasteiger partial charge in [-0.05, 0) is 42.3 Å². The molecule has 0 aliphatic carbocycles. The molecule has 0 heterocycles. The highest BCUT2D eigenvalue weighted by atomic mass is 19.3. The van der Waals surface area contributed by atoms with E-state index in [4.69, 9.17) is 0 Å². The molecule has 0 fully saturated rings. The molecule has 0 bridgehead atoms. The molecule has 2 N–H and O–H groups in total. The summed E-state index contributed by atoms with van der Waals surface area (Å²) in [5.41, 5.74) is 1.38. The van der Waals surface area contributed by atoms with Gasteiger partial charge in [-0.15, -0.1) is 0 Å². The number of hydrogen-bond donors (Lipinski definition) is 2. The lowest BCUT2D eigenvalue weighted by atomic mass is 10.0. The van der Waals surface area contributed by atoms with Gasteiger partial charge in [0.2, 0.25) is 0 Å². The molecule has 0 aromatic heterocycles. The molecular formula is C19H22F2N2O2. The lowest BCUT2D eigenvalue weighted by molar-refractivity contribution is -0.0498. The standard InChI is InChI=1S/C19H22F2N2O2/c1-13(2)17(23-15-6-4-3-5-7-15)12-22-18(24)14-8-10-16(11-9-14)25-19(20)21/h3-11,13,17,19,23H,12H2,1-2H3,(H,22,24). The van der Waals surface area contributed by atoms with Crippen molar-refractivity contribution in [1.29, 1.82) is 0 Å². The summed E-state index contributed by atoms with van der Waals surface area (Å²) in [4.78, 5) is 12.2. The van der Waals surface area contributed by atoms with Crippen LogP contribution in [0.1, 0.15) is 24.2 Å². The summed E-state index contributed by atoms with van der Waals surface area (Å²) in [5.74, 6) is 0.0729. The molecule has 0 radical (unpaired) electrons. The minimum Gasteiger partial charge on any atom is -0.435 e. The van der Waals surface area contributed by atoms with Gasteiger partial charge in [0.1, 0.15) is 5.75 Å². The molecule has 134 valence electrons. The van der Waals surface area contributed by atoms with Gasteiger partial charge in [0.05, 0.1) is 0 Å². The third-order valence-electron chi connectivity index (χ3n) is 3.75. The van der Waals surface area contributed by atoms with Crippen LogP contribution in [0, 0.1) is 5.92 Å². The van der Waals surface area contributed by atoms with Crippen LogP contribution in [-0.4, -0.2) is 25.1 Å². The van der Waals surface area contributed by atoms with Crippen LogP contribution in [0.3, 0.4) is 0 Å². The van der Waals surface area contributed by atoms with E-state index < -0.39 is 6.61 Å². The zero-order chi connectivity index (χ0) is 18.2. The Morgan fingerprint density at radius 1 is 1.04 bits per heavy atom. The van der Waals surface area contributed by atoms with Crippen LogP contribution in [-0.2, 0) is 0 Å². The monoisotopic (exact) mass is 348 g/mol. The molecule has 6 heteroatoms. The number of para-hydroxylation sites is 1. The Labute approximate surface area is 146 Å². The second-order valence-corrected chi connectivity index (χ2v) is 5.97. The van der Waals surface area contributed by atoms with E-state index >= 15 is 0 Å². The van der Waals surface area contributed by atoms with Gasteiger partial charge in [0, 0.05) is 23.8 Å². The number of rotatable bonds is 8. The second-order valence-electron chi connectivity index (χ2n) is 5.97.